The largest absolute Gasteiger partial charge is 0.392 e. The summed E-state index contributed by atoms with van der Waals surface area (Å²) < 4.78 is 30.1. The monoisotopic (exact) mass is 696 g/mol. The first kappa shape index (κ1) is 40.6. The SMILES string of the molecule is C.CC.CC(C)(C)CC(=O)Nc1nc2ccc(C(F)F)cc2n1C1CCC1.CC(C)(C)CC(=O)Nc1nc2ccc(CO)cc2n1C1CCC1. The standard InChI is InChI=1S/C18H23F2N3O.C18H25N3O2.C2H6.CH4/c1-18(2,3)10-15(24)22-17-21-13-8-7-11(16(19)20)9-14(13)23(17)12-5-4-6-12;1-18(2,3)10-16(23)20-17-19-14-8-7-12(11-22)9-15(14)21(17)13-5-4-6-13;1-2;/h7-9,12,16H,4-6,10H2,1-3H3,(H,21,22,24);7-9,13,22H,4-6,10-11H2,1-3H3,(H,19,20,23);1-2H3;1H4. The summed E-state index contributed by atoms with van der Waals surface area (Å²) in [6.07, 6.45) is 4.81. The number of imidazole rings is 2. The van der Waals surface area contributed by atoms with Crippen LogP contribution in [-0.2, 0) is 16.2 Å². The fourth-order valence-corrected chi connectivity index (χ4v) is 5.99. The van der Waals surface area contributed by atoms with Crippen LogP contribution in [0, 0.1) is 10.8 Å². The van der Waals surface area contributed by atoms with Gasteiger partial charge in [-0.3, -0.25) is 20.2 Å². The van der Waals surface area contributed by atoms with Crippen LogP contribution in [0.25, 0.3) is 22.1 Å². The number of aliphatic hydroxyl groups is 1. The minimum absolute atomic E-state index is 0. The Kier molecular flexibility index (Phi) is 13.7. The zero-order valence-corrected chi connectivity index (χ0v) is 30.4. The molecule has 0 spiro atoms. The molecule has 6 rings (SSSR count). The summed E-state index contributed by atoms with van der Waals surface area (Å²) in [7, 11) is 0. The van der Waals surface area contributed by atoms with Crippen LogP contribution in [0.2, 0.25) is 0 Å². The molecule has 2 saturated carbocycles. The van der Waals surface area contributed by atoms with Crippen molar-refractivity contribution in [2.45, 2.75) is 139 Å². The molecule has 0 atom stereocenters. The van der Waals surface area contributed by atoms with E-state index in [0.29, 0.717) is 41.8 Å². The Morgan fingerprint density at radius 1 is 0.780 bits per heavy atom. The van der Waals surface area contributed by atoms with Gasteiger partial charge in [0.25, 0.3) is 6.43 Å². The Balaban J connectivity index is 0.000000253. The first-order valence-corrected chi connectivity index (χ1v) is 17.6. The van der Waals surface area contributed by atoms with Gasteiger partial charge in [0, 0.05) is 30.5 Å². The van der Waals surface area contributed by atoms with Crippen LogP contribution < -0.4 is 10.6 Å². The molecule has 2 aromatic carbocycles. The second-order valence-electron chi connectivity index (χ2n) is 15.4. The number of aliphatic hydroxyl groups excluding tert-OH is 1. The van der Waals surface area contributed by atoms with Crippen molar-refractivity contribution >= 4 is 45.8 Å². The van der Waals surface area contributed by atoms with Crippen molar-refractivity contribution in [3.63, 3.8) is 0 Å². The van der Waals surface area contributed by atoms with Gasteiger partial charge in [0.1, 0.15) is 0 Å². The molecule has 50 heavy (non-hydrogen) atoms. The molecule has 0 radical (unpaired) electrons. The summed E-state index contributed by atoms with van der Waals surface area (Å²) >= 11 is 0. The lowest BCUT2D eigenvalue weighted by Crippen LogP contribution is -2.24. The van der Waals surface area contributed by atoms with E-state index in [2.05, 4.69) is 45.9 Å². The fourth-order valence-electron chi connectivity index (χ4n) is 5.99. The molecule has 0 saturated heterocycles. The van der Waals surface area contributed by atoms with E-state index in [1.807, 2.05) is 57.4 Å². The lowest BCUT2D eigenvalue weighted by atomic mass is 9.92. The van der Waals surface area contributed by atoms with Crippen molar-refractivity contribution in [3.05, 3.63) is 47.5 Å². The molecule has 3 N–H and O–H groups in total. The molecule has 11 heteroatoms. The van der Waals surface area contributed by atoms with Gasteiger partial charge in [0.05, 0.1) is 28.7 Å². The maximum atomic E-state index is 13.0. The third-order valence-electron chi connectivity index (χ3n) is 8.67. The Hall–Kier alpha value is -3.86. The third kappa shape index (κ3) is 10.1. The van der Waals surface area contributed by atoms with E-state index in [0.717, 1.165) is 48.7 Å². The Bertz CT molecular complexity index is 1740. The van der Waals surface area contributed by atoms with Crippen molar-refractivity contribution in [1.29, 1.82) is 0 Å². The zero-order chi connectivity index (χ0) is 36.1. The minimum atomic E-state index is -2.52. The summed E-state index contributed by atoms with van der Waals surface area (Å²) in [5.74, 6) is 0.993. The van der Waals surface area contributed by atoms with E-state index in [4.69, 9.17) is 0 Å². The quantitative estimate of drug-likeness (QED) is 0.170. The van der Waals surface area contributed by atoms with Crippen molar-refractivity contribution < 1.29 is 23.5 Å². The average molecular weight is 697 g/mol. The number of carbonyl (C=O) groups is 2. The van der Waals surface area contributed by atoms with E-state index >= 15 is 0 Å². The molecule has 4 aromatic rings. The maximum absolute atomic E-state index is 13.0. The van der Waals surface area contributed by atoms with Gasteiger partial charge in [-0.15, -0.1) is 0 Å². The van der Waals surface area contributed by atoms with Crippen LogP contribution in [0.15, 0.2) is 36.4 Å². The molecule has 2 aliphatic rings. The van der Waals surface area contributed by atoms with Crippen LogP contribution in [0.4, 0.5) is 20.7 Å². The van der Waals surface area contributed by atoms with E-state index < -0.39 is 6.43 Å². The molecule has 2 heterocycles. The first-order valence-electron chi connectivity index (χ1n) is 17.6. The van der Waals surface area contributed by atoms with Crippen molar-refractivity contribution in [3.8, 4) is 0 Å². The Labute approximate surface area is 296 Å². The minimum Gasteiger partial charge on any atom is -0.392 e. The topological polar surface area (TPSA) is 114 Å². The number of rotatable bonds is 8. The molecule has 2 amide bonds. The smallest absolute Gasteiger partial charge is 0.263 e. The number of anilines is 2. The number of benzene rings is 2. The molecule has 0 aliphatic heterocycles. The number of fused-ring (bicyclic) bond motifs is 2. The van der Waals surface area contributed by atoms with Crippen LogP contribution >= 0.6 is 0 Å². The predicted octanol–water partition coefficient (Wildman–Crippen LogP) is 10.4. The van der Waals surface area contributed by atoms with Gasteiger partial charge in [-0.25, -0.2) is 18.7 Å². The van der Waals surface area contributed by atoms with E-state index in [9.17, 15) is 23.5 Å². The normalized spacial score (nSPS) is 14.9. The summed E-state index contributed by atoms with van der Waals surface area (Å²) in [6.45, 7) is 16.2. The molecule has 276 valence electrons. The molecule has 9 nitrogen and oxygen atoms in total. The number of alkyl halides is 2. The molecule has 2 aromatic heterocycles. The number of hydrogen-bond donors (Lipinski definition) is 3. The number of nitrogens with one attached hydrogen (secondary N) is 2. The van der Waals surface area contributed by atoms with Crippen molar-refractivity contribution in [2.75, 3.05) is 10.6 Å². The number of nitrogens with zero attached hydrogens (tertiary/aromatic N) is 4. The number of hydrogen-bond acceptors (Lipinski definition) is 5. The molecular weight excluding hydrogens is 638 g/mol. The van der Waals surface area contributed by atoms with Crippen LogP contribution in [0.3, 0.4) is 0 Å². The fraction of sp³-hybridized carbons (Fsp3) is 0.590. The number of amides is 2. The lowest BCUT2D eigenvalue weighted by Gasteiger charge is -2.29. The number of halogens is 2. The number of carbonyl (C=O) groups excluding carboxylic acids is 2. The molecule has 2 fully saturated rings. The maximum Gasteiger partial charge on any atom is 0.263 e. The zero-order valence-electron chi connectivity index (χ0n) is 30.4. The van der Waals surface area contributed by atoms with Crippen molar-refractivity contribution in [2.24, 2.45) is 10.8 Å². The first-order chi connectivity index (χ1) is 23.1. The molecular formula is C39H58F2N6O3. The van der Waals surface area contributed by atoms with Gasteiger partial charge in [-0.2, -0.15) is 0 Å². The average Bonchev–Trinajstić information content (AvgIpc) is 3.47. The van der Waals surface area contributed by atoms with Crippen LogP contribution in [0.5, 0.6) is 0 Å². The van der Waals surface area contributed by atoms with Gasteiger partial charge in [-0.1, -0.05) is 74.9 Å². The Morgan fingerprint density at radius 2 is 1.20 bits per heavy atom. The van der Waals surface area contributed by atoms with Gasteiger partial charge >= 0.3 is 0 Å². The highest BCUT2D eigenvalue weighted by Gasteiger charge is 2.28. The highest BCUT2D eigenvalue weighted by atomic mass is 19.3. The van der Waals surface area contributed by atoms with E-state index in [-0.39, 0.29) is 48.3 Å². The summed E-state index contributed by atoms with van der Waals surface area (Å²) in [6, 6.07) is 10.9. The van der Waals surface area contributed by atoms with Gasteiger partial charge < -0.3 is 14.2 Å². The number of aromatic nitrogens is 4. The Morgan fingerprint density at radius 3 is 1.56 bits per heavy atom. The lowest BCUT2D eigenvalue weighted by molar-refractivity contribution is -0.118. The highest BCUT2D eigenvalue weighted by molar-refractivity contribution is 5.93. The van der Waals surface area contributed by atoms with Crippen LogP contribution in [-0.4, -0.2) is 36.0 Å². The third-order valence-corrected chi connectivity index (χ3v) is 8.67. The summed E-state index contributed by atoms with van der Waals surface area (Å²) in [4.78, 5) is 33.7. The van der Waals surface area contributed by atoms with Crippen molar-refractivity contribution in [1.82, 2.24) is 19.1 Å². The van der Waals surface area contributed by atoms with E-state index in [1.54, 1.807) is 6.07 Å². The van der Waals surface area contributed by atoms with Gasteiger partial charge in [-0.05, 0) is 79.2 Å². The van der Waals surface area contributed by atoms with Gasteiger partial charge in [0.15, 0.2) is 0 Å². The second kappa shape index (κ2) is 16.9. The van der Waals surface area contributed by atoms with E-state index in [1.165, 1.54) is 18.6 Å². The second-order valence-corrected chi connectivity index (χ2v) is 15.4. The van der Waals surface area contributed by atoms with Gasteiger partial charge in [0.2, 0.25) is 23.7 Å². The highest BCUT2D eigenvalue weighted by Crippen LogP contribution is 2.39. The molecule has 2 aliphatic carbocycles. The molecule has 0 bridgehead atoms. The van der Waals surface area contributed by atoms with Crippen LogP contribution in [0.1, 0.15) is 144 Å². The molecule has 0 unspecified atom stereocenters. The summed E-state index contributed by atoms with van der Waals surface area (Å²) in [5, 5.41) is 15.3. The summed E-state index contributed by atoms with van der Waals surface area (Å²) in [5.41, 5.74) is 3.83. The predicted molar refractivity (Wildman–Crippen MR) is 200 cm³/mol.